The van der Waals surface area contributed by atoms with E-state index in [1.165, 1.54) is 22.4 Å². The fraction of sp³-hybridized carbons (Fsp3) is 0.333. The normalized spacial score (nSPS) is 14.2. The van der Waals surface area contributed by atoms with Crippen LogP contribution in [-0.2, 0) is 0 Å². The van der Waals surface area contributed by atoms with Gasteiger partial charge in [-0.1, -0.05) is 29.8 Å². The maximum atomic E-state index is 4.79. The van der Waals surface area contributed by atoms with Crippen LogP contribution in [0.3, 0.4) is 0 Å². The molecule has 2 heterocycles. The Labute approximate surface area is 173 Å². The Balaban J connectivity index is 1.47. The number of aryl methyl sites for hydroxylation is 3. The summed E-state index contributed by atoms with van der Waals surface area (Å²) >= 11 is 0. The molecule has 0 saturated carbocycles. The molecule has 0 amide bonds. The molecule has 0 spiro atoms. The molecule has 4 rings (SSSR count). The van der Waals surface area contributed by atoms with Gasteiger partial charge >= 0.3 is 0 Å². The fourth-order valence-corrected chi connectivity index (χ4v) is 3.79. The number of benzene rings is 2. The van der Waals surface area contributed by atoms with Crippen LogP contribution in [0.25, 0.3) is 0 Å². The zero-order valence-electron chi connectivity index (χ0n) is 17.7. The number of nitrogens with one attached hydrogen (secondary N) is 1. The first-order chi connectivity index (χ1) is 14.0. The standard InChI is InChI=1S/C24H29N5/c1-17-8-10-21(11-9-17)26-24-25-19(3)16-23(27-24)29-14-12-28(13-15-29)22-7-5-6-18(2)20(22)4/h5-11,16H,12-15H2,1-4H3,(H,25,26,27). The Bertz CT molecular complexity index is 989. The van der Waals surface area contributed by atoms with Crippen LogP contribution in [0.15, 0.2) is 48.5 Å². The van der Waals surface area contributed by atoms with Crippen molar-refractivity contribution < 1.29 is 0 Å². The Kier molecular flexibility index (Phi) is 5.38. The third kappa shape index (κ3) is 4.34. The van der Waals surface area contributed by atoms with Crippen LogP contribution in [0.2, 0.25) is 0 Å². The highest BCUT2D eigenvalue weighted by Crippen LogP contribution is 2.26. The minimum atomic E-state index is 0.654. The van der Waals surface area contributed by atoms with Gasteiger partial charge in [0.2, 0.25) is 5.95 Å². The van der Waals surface area contributed by atoms with E-state index < -0.39 is 0 Å². The summed E-state index contributed by atoms with van der Waals surface area (Å²) in [5.41, 5.74) is 7.30. The van der Waals surface area contributed by atoms with Crippen molar-refractivity contribution in [2.45, 2.75) is 27.7 Å². The summed E-state index contributed by atoms with van der Waals surface area (Å²) in [6, 6.07) is 16.9. The number of hydrogen-bond donors (Lipinski definition) is 1. The molecule has 0 atom stereocenters. The van der Waals surface area contributed by atoms with Gasteiger partial charge in [-0.05, 0) is 57.0 Å². The van der Waals surface area contributed by atoms with Crippen molar-refractivity contribution in [2.24, 2.45) is 0 Å². The van der Waals surface area contributed by atoms with E-state index in [2.05, 4.69) is 89.4 Å². The Hall–Kier alpha value is -3.08. The lowest BCUT2D eigenvalue weighted by molar-refractivity contribution is 0.645. The fourth-order valence-electron chi connectivity index (χ4n) is 3.79. The van der Waals surface area contributed by atoms with Crippen LogP contribution < -0.4 is 15.1 Å². The number of rotatable bonds is 4. The number of piperazine rings is 1. The second-order valence-corrected chi connectivity index (χ2v) is 7.88. The summed E-state index contributed by atoms with van der Waals surface area (Å²) in [6.07, 6.45) is 0. The molecule has 5 heteroatoms. The second kappa shape index (κ2) is 8.11. The maximum Gasteiger partial charge on any atom is 0.229 e. The molecule has 1 aromatic heterocycles. The zero-order chi connectivity index (χ0) is 20.4. The molecule has 0 bridgehead atoms. The molecule has 1 aliphatic rings. The highest BCUT2D eigenvalue weighted by Gasteiger charge is 2.20. The van der Waals surface area contributed by atoms with Crippen molar-refractivity contribution in [1.82, 2.24) is 9.97 Å². The van der Waals surface area contributed by atoms with E-state index in [0.717, 1.165) is 43.4 Å². The molecular formula is C24H29N5. The van der Waals surface area contributed by atoms with E-state index in [9.17, 15) is 0 Å². The minimum Gasteiger partial charge on any atom is -0.368 e. The van der Waals surface area contributed by atoms with Gasteiger partial charge in [-0.15, -0.1) is 0 Å². The maximum absolute atomic E-state index is 4.79. The predicted molar refractivity (Wildman–Crippen MR) is 122 cm³/mol. The van der Waals surface area contributed by atoms with Crippen molar-refractivity contribution in [1.29, 1.82) is 0 Å². The van der Waals surface area contributed by atoms with E-state index in [1.54, 1.807) is 0 Å². The molecule has 0 radical (unpaired) electrons. The third-order valence-corrected chi connectivity index (χ3v) is 5.67. The number of anilines is 4. The predicted octanol–water partition coefficient (Wildman–Crippen LogP) is 4.78. The van der Waals surface area contributed by atoms with Gasteiger partial charge in [0.05, 0.1) is 0 Å². The van der Waals surface area contributed by atoms with Crippen molar-refractivity contribution in [3.05, 3.63) is 70.9 Å². The molecule has 29 heavy (non-hydrogen) atoms. The van der Waals surface area contributed by atoms with Crippen molar-refractivity contribution >= 4 is 23.1 Å². The summed E-state index contributed by atoms with van der Waals surface area (Å²) < 4.78 is 0. The van der Waals surface area contributed by atoms with Gasteiger partial charge in [-0.2, -0.15) is 4.98 Å². The lowest BCUT2D eigenvalue weighted by Crippen LogP contribution is -2.47. The quantitative estimate of drug-likeness (QED) is 0.698. The largest absolute Gasteiger partial charge is 0.368 e. The van der Waals surface area contributed by atoms with Crippen LogP contribution in [0.4, 0.5) is 23.1 Å². The molecule has 0 unspecified atom stereocenters. The summed E-state index contributed by atoms with van der Waals surface area (Å²) in [7, 11) is 0. The van der Waals surface area contributed by atoms with Crippen molar-refractivity contribution in [3.8, 4) is 0 Å². The van der Waals surface area contributed by atoms with Crippen LogP contribution in [0.1, 0.15) is 22.4 Å². The molecule has 1 N–H and O–H groups in total. The van der Waals surface area contributed by atoms with Gasteiger partial charge in [0.25, 0.3) is 0 Å². The monoisotopic (exact) mass is 387 g/mol. The molecular weight excluding hydrogens is 358 g/mol. The Morgan fingerprint density at radius 1 is 0.793 bits per heavy atom. The van der Waals surface area contributed by atoms with Crippen LogP contribution in [0, 0.1) is 27.7 Å². The molecule has 2 aromatic carbocycles. The average Bonchev–Trinajstić information content (AvgIpc) is 2.72. The topological polar surface area (TPSA) is 44.3 Å². The van der Waals surface area contributed by atoms with Gasteiger partial charge in [-0.25, -0.2) is 4.98 Å². The lowest BCUT2D eigenvalue weighted by atomic mass is 10.1. The average molecular weight is 388 g/mol. The molecule has 1 saturated heterocycles. The van der Waals surface area contributed by atoms with Crippen molar-refractivity contribution in [2.75, 3.05) is 41.3 Å². The molecule has 0 aliphatic carbocycles. The minimum absolute atomic E-state index is 0.654. The van der Waals surface area contributed by atoms with Gasteiger partial charge in [0, 0.05) is 49.3 Å². The molecule has 150 valence electrons. The van der Waals surface area contributed by atoms with Gasteiger partial charge in [0.15, 0.2) is 0 Å². The number of hydrogen-bond acceptors (Lipinski definition) is 5. The Morgan fingerprint density at radius 3 is 2.21 bits per heavy atom. The number of nitrogens with zero attached hydrogens (tertiary/aromatic N) is 4. The van der Waals surface area contributed by atoms with Gasteiger partial charge < -0.3 is 15.1 Å². The Morgan fingerprint density at radius 2 is 1.48 bits per heavy atom. The van der Waals surface area contributed by atoms with Gasteiger partial charge in [0.1, 0.15) is 5.82 Å². The van der Waals surface area contributed by atoms with E-state index in [4.69, 9.17) is 4.98 Å². The van der Waals surface area contributed by atoms with E-state index in [1.807, 2.05) is 6.92 Å². The van der Waals surface area contributed by atoms with E-state index in [-0.39, 0.29) is 0 Å². The van der Waals surface area contributed by atoms with Crippen molar-refractivity contribution in [3.63, 3.8) is 0 Å². The highest BCUT2D eigenvalue weighted by atomic mass is 15.3. The molecule has 1 fully saturated rings. The summed E-state index contributed by atoms with van der Waals surface area (Å²) in [6.45, 7) is 12.4. The number of aromatic nitrogens is 2. The molecule has 1 aliphatic heterocycles. The summed E-state index contributed by atoms with van der Waals surface area (Å²) in [4.78, 5) is 14.2. The second-order valence-electron chi connectivity index (χ2n) is 7.88. The van der Waals surface area contributed by atoms with E-state index in [0.29, 0.717) is 5.95 Å². The SMILES string of the molecule is Cc1ccc(Nc2nc(C)cc(N3CCN(c4cccc(C)c4C)CC3)n2)cc1. The van der Waals surface area contributed by atoms with Crippen LogP contribution in [0.5, 0.6) is 0 Å². The van der Waals surface area contributed by atoms with Gasteiger partial charge in [-0.3, -0.25) is 0 Å². The first-order valence-corrected chi connectivity index (χ1v) is 10.2. The highest BCUT2D eigenvalue weighted by molar-refractivity contribution is 5.59. The third-order valence-electron chi connectivity index (χ3n) is 5.67. The summed E-state index contributed by atoms with van der Waals surface area (Å²) in [5.74, 6) is 1.65. The van der Waals surface area contributed by atoms with E-state index >= 15 is 0 Å². The molecule has 5 nitrogen and oxygen atoms in total. The zero-order valence-corrected chi connectivity index (χ0v) is 17.7. The summed E-state index contributed by atoms with van der Waals surface area (Å²) in [5, 5.41) is 3.34. The first kappa shape index (κ1) is 19.2. The lowest BCUT2D eigenvalue weighted by Gasteiger charge is -2.37. The van der Waals surface area contributed by atoms with Crippen LogP contribution >= 0.6 is 0 Å². The first-order valence-electron chi connectivity index (χ1n) is 10.2. The molecule has 3 aromatic rings. The smallest absolute Gasteiger partial charge is 0.229 e. The van der Waals surface area contributed by atoms with Crippen LogP contribution in [-0.4, -0.2) is 36.1 Å².